The third-order valence-electron chi connectivity index (χ3n) is 7.10. The SMILES string of the molecule is Cc1cc(C)c2[nH]c(=O)c(C(c3nnnn3C3CCCC3)N3CCCC(C)C3)cc2c1. The average molecular weight is 421 g/mol. The lowest BCUT2D eigenvalue weighted by Crippen LogP contribution is -2.41. The molecule has 0 amide bonds. The number of fused-ring (bicyclic) bond motifs is 1. The van der Waals surface area contributed by atoms with Crippen LogP contribution in [0.3, 0.4) is 0 Å². The van der Waals surface area contributed by atoms with E-state index in [1.807, 2.05) is 4.68 Å². The van der Waals surface area contributed by atoms with Crippen molar-refractivity contribution in [1.29, 1.82) is 0 Å². The number of H-pyrrole nitrogens is 1. The quantitative estimate of drug-likeness (QED) is 0.688. The van der Waals surface area contributed by atoms with Gasteiger partial charge in [-0.05, 0) is 85.5 Å². The summed E-state index contributed by atoms with van der Waals surface area (Å²) in [4.78, 5) is 19.0. The van der Waals surface area contributed by atoms with Gasteiger partial charge in [-0.15, -0.1) is 5.10 Å². The molecule has 1 aliphatic carbocycles. The number of rotatable bonds is 4. The second-order valence-corrected chi connectivity index (χ2v) is 9.66. The molecule has 7 nitrogen and oxygen atoms in total. The van der Waals surface area contributed by atoms with E-state index in [4.69, 9.17) is 0 Å². The van der Waals surface area contributed by atoms with Crippen molar-refractivity contribution in [2.75, 3.05) is 13.1 Å². The molecule has 2 aliphatic rings. The van der Waals surface area contributed by atoms with Gasteiger partial charge in [0.1, 0.15) is 6.04 Å². The fourth-order valence-corrected chi connectivity index (χ4v) is 5.66. The first-order chi connectivity index (χ1) is 15.0. The number of aryl methyl sites for hydroxylation is 2. The summed E-state index contributed by atoms with van der Waals surface area (Å²) in [6.45, 7) is 8.35. The molecule has 1 saturated heterocycles. The summed E-state index contributed by atoms with van der Waals surface area (Å²) in [6, 6.07) is 6.44. The fraction of sp³-hybridized carbons (Fsp3) is 0.583. The number of nitrogens with zero attached hydrogens (tertiary/aromatic N) is 5. The molecule has 1 aromatic carbocycles. The topological polar surface area (TPSA) is 79.7 Å². The van der Waals surface area contributed by atoms with Gasteiger partial charge in [-0.2, -0.15) is 0 Å². The average Bonchev–Trinajstić information content (AvgIpc) is 3.41. The summed E-state index contributed by atoms with van der Waals surface area (Å²) < 4.78 is 2.02. The Labute approximate surface area is 182 Å². The number of tetrazole rings is 1. The molecular weight excluding hydrogens is 388 g/mol. The van der Waals surface area contributed by atoms with Crippen LogP contribution >= 0.6 is 0 Å². The standard InChI is InChI=1S/C24H32N6O/c1-15-7-6-10-29(14-15)22(23-26-27-28-30(23)19-8-4-5-9-19)20-13-18-12-16(2)11-17(3)21(18)25-24(20)31/h11-13,15,19,22H,4-10,14H2,1-3H3,(H,25,31). The number of pyridine rings is 1. The van der Waals surface area contributed by atoms with Gasteiger partial charge >= 0.3 is 0 Å². The maximum Gasteiger partial charge on any atom is 0.253 e. The molecule has 3 heterocycles. The van der Waals surface area contributed by atoms with Gasteiger partial charge in [-0.3, -0.25) is 9.69 Å². The molecule has 2 aromatic heterocycles. The van der Waals surface area contributed by atoms with Crippen LogP contribution in [0.2, 0.25) is 0 Å². The van der Waals surface area contributed by atoms with Crippen molar-refractivity contribution in [2.45, 2.75) is 71.4 Å². The predicted molar refractivity (Wildman–Crippen MR) is 121 cm³/mol. The lowest BCUT2D eigenvalue weighted by molar-refractivity contribution is 0.139. The Morgan fingerprint density at radius 3 is 2.68 bits per heavy atom. The Kier molecular flexibility index (Phi) is 5.38. The Hall–Kier alpha value is -2.54. The van der Waals surface area contributed by atoms with E-state index >= 15 is 0 Å². The minimum atomic E-state index is -0.229. The molecule has 2 fully saturated rings. The Morgan fingerprint density at radius 2 is 1.90 bits per heavy atom. The number of piperidine rings is 1. The second kappa shape index (κ2) is 8.19. The molecule has 0 bridgehead atoms. The van der Waals surface area contributed by atoms with E-state index in [-0.39, 0.29) is 11.6 Å². The summed E-state index contributed by atoms with van der Waals surface area (Å²) in [5.41, 5.74) is 3.92. The number of aromatic amines is 1. The van der Waals surface area contributed by atoms with Gasteiger partial charge in [0.05, 0.1) is 11.6 Å². The Bertz CT molecular complexity index is 1140. The van der Waals surface area contributed by atoms with Crippen LogP contribution < -0.4 is 5.56 Å². The van der Waals surface area contributed by atoms with Crippen LogP contribution in [0.5, 0.6) is 0 Å². The smallest absolute Gasteiger partial charge is 0.253 e. The molecule has 164 valence electrons. The molecule has 0 radical (unpaired) electrons. The zero-order valence-corrected chi connectivity index (χ0v) is 18.8. The third kappa shape index (κ3) is 3.80. The van der Waals surface area contributed by atoms with Crippen molar-refractivity contribution in [3.63, 3.8) is 0 Å². The molecule has 2 unspecified atom stereocenters. The number of hydrogen-bond donors (Lipinski definition) is 1. The van der Waals surface area contributed by atoms with Crippen LogP contribution in [-0.2, 0) is 0 Å². The first kappa shape index (κ1) is 20.4. The highest BCUT2D eigenvalue weighted by Gasteiger charge is 2.34. The van der Waals surface area contributed by atoms with Gasteiger partial charge in [0.15, 0.2) is 5.82 Å². The molecule has 7 heteroatoms. The molecule has 31 heavy (non-hydrogen) atoms. The van der Waals surface area contributed by atoms with Crippen molar-refractivity contribution >= 4 is 10.9 Å². The van der Waals surface area contributed by atoms with Crippen molar-refractivity contribution in [1.82, 2.24) is 30.1 Å². The van der Waals surface area contributed by atoms with Gasteiger partial charge in [0.2, 0.25) is 0 Å². The van der Waals surface area contributed by atoms with Crippen LogP contribution in [0.25, 0.3) is 10.9 Å². The molecular formula is C24H32N6O. The summed E-state index contributed by atoms with van der Waals surface area (Å²) >= 11 is 0. The van der Waals surface area contributed by atoms with E-state index in [1.54, 1.807) is 0 Å². The van der Waals surface area contributed by atoms with Crippen LogP contribution in [-0.4, -0.2) is 43.2 Å². The van der Waals surface area contributed by atoms with E-state index in [9.17, 15) is 4.79 Å². The molecule has 5 rings (SSSR count). The summed E-state index contributed by atoms with van der Waals surface area (Å²) in [6.07, 6.45) is 6.99. The predicted octanol–water partition coefficient (Wildman–Crippen LogP) is 4.07. The number of likely N-dealkylation sites (tertiary alicyclic amines) is 1. The number of hydrogen-bond acceptors (Lipinski definition) is 5. The fourth-order valence-electron chi connectivity index (χ4n) is 5.66. The number of aromatic nitrogens is 5. The highest BCUT2D eigenvalue weighted by molar-refractivity contribution is 5.83. The number of nitrogens with one attached hydrogen (secondary N) is 1. The molecule has 0 spiro atoms. The summed E-state index contributed by atoms with van der Waals surface area (Å²) in [5.74, 6) is 1.41. The maximum atomic E-state index is 13.4. The second-order valence-electron chi connectivity index (χ2n) is 9.66. The monoisotopic (exact) mass is 420 g/mol. The Balaban J connectivity index is 1.67. The van der Waals surface area contributed by atoms with Gasteiger partial charge in [0.25, 0.3) is 5.56 Å². The van der Waals surface area contributed by atoms with Gasteiger partial charge < -0.3 is 4.98 Å². The minimum Gasteiger partial charge on any atom is -0.321 e. The van der Waals surface area contributed by atoms with Crippen LogP contribution in [0.1, 0.15) is 80.0 Å². The largest absolute Gasteiger partial charge is 0.321 e. The van der Waals surface area contributed by atoms with Crippen molar-refractivity contribution in [2.24, 2.45) is 5.92 Å². The molecule has 2 atom stereocenters. The highest BCUT2D eigenvalue weighted by Crippen LogP contribution is 2.35. The van der Waals surface area contributed by atoms with Crippen molar-refractivity contribution in [3.05, 3.63) is 51.1 Å². The van der Waals surface area contributed by atoms with Crippen molar-refractivity contribution < 1.29 is 0 Å². The van der Waals surface area contributed by atoms with E-state index in [0.29, 0.717) is 12.0 Å². The zero-order valence-electron chi connectivity index (χ0n) is 18.8. The molecule has 1 aliphatic heterocycles. The van der Waals surface area contributed by atoms with Crippen LogP contribution in [0.15, 0.2) is 23.0 Å². The van der Waals surface area contributed by atoms with E-state index in [1.165, 1.54) is 24.8 Å². The van der Waals surface area contributed by atoms with Crippen LogP contribution in [0.4, 0.5) is 0 Å². The third-order valence-corrected chi connectivity index (χ3v) is 7.10. The Morgan fingerprint density at radius 1 is 1.10 bits per heavy atom. The van der Waals surface area contributed by atoms with E-state index in [0.717, 1.165) is 60.2 Å². The summed E-state index contributed by atoms with van der Waals surface area (Å²) in [5, 5.41) is 14.0. The van der Waals surface area contributed by atoms with E-state index in [2.05, 4.69) is 64.4 Å². The van der Waals surface area contributed by atoms with E-state index < -0.39 is 0 Å². The van der Waals surface area contributed by atoms with Gasteiger partial charge in [-0.1, -0.05) is 31.4 Å². The van der Waals surface area contributed by atoms with Crippen LogP contribution in [0, 0.1) is 19.8 Å². The van der Waals surface area contributed by atoms with Gasteiger partial charge in [-0.25, -0.2) is 4.68 Å². The molecule has 1 saturated carbocycles. The van der Waals surface area contributed by atoms with Gasteiger partial charge in [0, 0.05) is 12.1 Å². The molecule has 3 aromatic rings. The maximum absolute atomic E-state index is 13.4. The first-order valence-corrected chi connectivity index (χ1v) is 11.7. The molecule has 1 N–H and O–H groups in total. The highest BCUT2D eigenvalue weighted by atomic mass is 16.1. The van der Waals surface area contributed by atoms with Crippen molar-refractivity contribution in [3.8, 4) is 0 Å². The lowest BCUT2D eigenvalue weighted by atomic mass is 9.95. The summed E-state index contributed by atoms with van der Waals surface area (Å²) in [7, 11) is 0. The first-order valence-electron chi connectivity index (χ1n) is 11.7. The lowest BCUT2D eigenvalue weighted by Gasteiger charge is -2.36. The zero-order chi connectivity index (χ0) is 21.5. The number of benzene rings is 1. The minimum absolute atomic E-state index is 0.0383. The normalized spacial score (nSPS) is 21.7.